The number of rotatable bonds is 2. The molecule has 0 saturated carbocycles. The first-order valence-electron chi connectivity index (χ1n) is 8.50. The second-order valence-electron chi connectivity index (χ2n) is 6.61. The van der Waals surface area contributed by atoms with E-state index in [0.29, 0.717) is 30.3 Å². The first kappa shape index (κ1) is 17.0. The number of likely N-dealkylation sites (tertiary alicyclic amines) is 1. The Kier molecular flexibility index (Phi) is 4.71. The molecule has 1 aliphatic rings. The van der Waals surface area contributed by atoms with Crippen LogP contribution in [0.3, 0.4) is 0 Å². The third-order valence-electron chi connectivity index (χ3n) is 4.93. The molecule has 5 nitrogen and oxygen atoms in total. The topological polar surface area (TPSA) is 77.0 Å². The minimum Gasteiger partial charge on any atom is -0.338 e. The van der Waals surface area contributed by atoms with Crippen LogP contribution in [0, 0.1) is 25.2 Å². The van der Waals surface area contributed by atoms with Crippen molar-refractivity contribution in [3.8, 4) is 6.07 Å². The average molecular weight is 335 g/mol. The van der Waals surface area contributed by atoms with E-state index >= 15 is 0 Å². The van der Waals surface area contributed by atoms with Crippen molar-refractivity contribution in [2.45, 2.75) is 32.6 Å². The molecule has 0 radical (unpaired) electrons. The molecule has 0 spiro atoms. The second-order valence-corrected chi connectivity index (χ2v) is 6.61. The minimum absolute atomic E-state index is 0.0265. The van der Waals surface area contributed by atoms with Crippen molar-refractivity contribution in [3.63, 3.8) is 0 Å². The molecule has 25 heavy (non-hydrogen) atoms. The molecule has 1 N–H and O–H groups in total. The second kappa shape index (κ2) is 6.94. The van der Waals surface area contributed by atoms with Crippen LogP contribution in [0.25, 0.3) is 0 Å². The van der Waals surface area contributed by atoms with E-state index in [9.17, 15) is 9.59 Å². The zero-order chi connectivity index (χ0) is 18.0. The molecule has 2 aromatic rings. The summed E-state index contributed by atoms with van der Waals surface area (Å²) >= 11 is 0. The van der Waals surface area contributed by atoms with Gasteiger partial charge in [0.05, 0.1) is 5.56 Å². The third-order valence-corrected chi connectivity index (χ3v) is 4.93. The Bertz CT molecular complexity index is 908. The Labute approximate surface area is 146 Å². The highest BCUT2D eigenvalue weighted by molar-refractivity contribution is 5.95. The van der Waals surface area contributed by atoms with Gasteiger partial charge in [0.25, 0.3) is 11.5 Å². The predicted octanol–water partition coefficient (Wildman–Crippen LogP) is 2.88. The quantitative estimate of drug-likeness (QED) is 0.917. The fourth-order valence-electron chi connectivity index (χ4n) is 3.56. The van der Waals surface area contributed by atoms with E-state index in [1.165, 1.54) is 17.2 Å². The predicted molar refractivity (Wildman–Crippen MR) is 95.6 cm³/mol. The highest BCUT2D eigenvalue weighted by Gasteiger charge is 2.27. The highest BCUT2D eigenvalue weighted by atomic mass is 16.2. The molecule has 1 aromatic heterocycles. The Hall–Kier alpha value is -2.87. The molecule has 1 atom stereocenters. The normalized spacial score (nSPS) is 17.2. The third kappa shape index (κ3) is 3.34. The number of hydrogen-bond acceptors (Lipinski definition) is 3. The van der Waals surface area contributed by atoms with Gasteiger partial charge >= 0.3 is 0 Å². The van der Waals surface area contributed by atoms with Crippen molar-refractivity contribution in [2.24, 2.45) is 0 Å². The summed E-state index contributed by atoms with van der Waals surface area (Å²) in [4.78, 5) is 29.1. The maximum Gasteiger partial charge on any atom is 0.266 e. The Morgan fingerprint density at radius 2 is 2.08 bits per heavy atom. The lowest BCUT2D eigenvalue weighted by Crippen LogP contribution is -2.40. The van der Waals surface area contributed by atoms with Crippen LogP contribution < -0.4 is 5.56 Å². The number of aromatic amines is 1. The number of nitriles is 1. The zero-order valence-electron chi connectivity index (χ0n) is 14.5. The first-order valence-corrected chi connectivity index (χ1v) is 8.50. The van der Waals surface area contributed by atoms with Crippen molar-refractivity contribution < 1.29 is 4.79 Å². The van der Waals surface area contributed by atoms with Gasteiger partial charge in [0, 0.05) is 24.7 Å². The smallest absolute Gasteiger partial charge is 0.266 e. The summed E-state index contributed by atoms with van der Waals surface area (Å²) in [6, 6.07) is 11.6. The summed E-state index contributed by atoms with van der Waals surface area (Å²) in [7, 11) is 0. The lowest BCUT2D eigenvalue weighted by atomic mass is 9.87. The van der Waals surface area contributed by atoms with Crippen LogP contribution in [0.2, 0.25) is 0 Å². The monoisotopic (exact) mass is 335 g/mol. The van der Waals surface area contributed by atoms with Crippen molar-refractivity contribution in [1.82, 2.24) is 9.88 Å². The number of nitrogens with zero attached hydrogens (tertiary/aromatic N) is 2. The molecule has 1 saturated heterocycles. The number of carbonyl (C=O) groups excluding carboxylic acids is 1. The lowest BCUT2D eigenvalue weighted by molar-refractivity contribution is 0.0705. The highest BCUT2D eigenvalue weighted by Crippen LogP contribution is 2.29. The van der Waals surface area contributed by atoms with Crippen molar-refractivity contribution in [3.05, 3.63) is 68.6 Å². The number of aryl methyl sites for hydroxylation is 2. The van der Waals surface area contributed by atoms with E-state index < -0.39 is 5.56 Å². The standard InChI is InChI=1S/C20H21N3O2/c1-13-6-3-4-8-17(13)15-7-5-9-23(12-15)20(25)18-10-16(11-21)19(24)22-14(18)2/h3-4,6,8,10,15H,5,7,9,12H2,1-2H3,(H,22,24)/t15-/m1/s1. The number of H-pyrrole nitrogens is 1. The molecule has 5 heteroatoms. The summed E-state index contributed by atoms with van der Waals surface area (Å²) in [6.45, 7) is 5.14. The zero-order valence-corrected chi connectivity index (χ0v) is 14.5. The maximum absolute atomic E-state index is 13.0. The fourth-order valence-corrected chi connectivity index (χ4v) is 3.56. The molecule has 1 amide bonds. The Balaban J connectivity index is 1.87. The fraction of sp³-hybridized carbons (Fsp3) is 0.350. The SMILES string of the molecule is Cc1ccccc1[C@@H]1CCCN(C(=O)c2cc(C#N)c(=O)[nH]c2C)C1. The van der Waals surface area contributed by atoms with E-state index in [-0.39, 0.29) is 11.5 Å². The van der Waals surface area contributed by atoms with Crippen LogP contribution in [0.5, 0.6) is 0 Å². The molecule has 3 rings (SSSR count). The molecule has 0 bridgehead atoms. The van der Waals surface area contributed by atoms with Crippen LogP contribution in [-0.4, -0.2) is 28.9 Å². The molecule has 1 fully saturated rings. The summed E-state index contributed by atoms with van der Waals surface area (Å²) in [5.41, 5.74) is 2.97. The molecule has 0 aliphatic carbocycles. The summed E-state index contributed by atoms with van der Waals surface area (Å²) < 4.78 is 0. The van der Waals surface area contributed by atoms with Gasteiger partial charge < -0.3 is 9.88 Å². The number of hydrogen-bond donors (Lipinski definition) is 1. The molecule has 0 unspecified atom stereocenters. The van der Waals surface area contributed by atoms with E-state index in [4.69, 9.17) is 5.26 Å². The molecular weight excluding hydrogens is 314 g/mol. The van der Waals surface area contributed by atoms with Crippen LogP contribution in [0.4, 0.5) is 0 Å². The first-order chi connectivity index (χ1) is 12.0. The van der Waals surface area contributed by atoms with Crippen molar-refractivity contribution in [2.75, 3.05) is 13.1 Å². The van der Waals surface area contributed by atoms with Crippen molar-refractivity contribution in [1.29, 1.82) is 5.26 Å². The lowest BCUT2D eigenvalue weighted by Gasteiger charge is -2.34. The molecule has 1 aliphatic heterocycles. The minimum atomic E-state index is -0.451. The molecule has 128 valence electrons. The number of carbonyl (C=O) groups is 1. The average Bonchev–Trinajstić information content (AvgIpc) is 2.62. The van der Waals surface area contributed by atoms with E-state index in [0.717, 1.165) is 12.8 Å². The summed E-state index contributed by atoms with van der Waals surface area (Å²) in [6.07, 6.45) is 2.00. The van der Waals surface area contributed by atoms with Crippen LogP contribution in [0.15, 0.2) is 35.1 Å². The number of benzene rings is 1. The van der Waals surface area contributed by atoms with Gasteiger partial charge in [-0.3, -0.25) is 9.59 Å². The maximum atomic E-state index is 13.0. The Morgan fingerprint density at radius 1 is 1.32 bits per heavy atom. The van der Waals surface area contributed by atoms with E-state index in [2.05, 4.69) is 24.0 Å². The number of piperidine rings is 1. The van der Waals surface area contributed by atoms with Gasteiger partial charge in [0.15, 0.2) is 0 Å². The van der Waals surface area contributed by atoms with Gasteiger partial charge in [-0.05, 0) is 43.9 Å². The summed E-state index contributed by atoms with van der Waals surface area (Å²) in [5.74, 6) is 0.195. The van der Waals surface area contributed by atoms with E-state index in [1.807, 2.05) is 23.1 Å². The number of pyridine rings is 1. The van der Waals surface area contributed by atoms with Gasteiger partial charge in [0.1, 0.15) is 11.6 Å². The van der Waals surface area contributed by atoms with Crippen LogP contribution >= 0.6 is 0 Å². The van der Waals surface area contributed by atoms with Crippen LogP contribution in [-0.2, 0) is 0 Å². The molecular formula is C20H21N3O2. The molecule has 2 heterocycles. The van der Waals surface area contributed by atoms with Crippen molar-refractivity contribution >= 4 is 5.91 Å². The van der Waals surface area contributed by atoms with Gasteiger partial charge in [-0.25, -0.2) is 0 Å². The van der Waals surface area contributed by atoms with Crippen LogP contribution in [0.1, 0.15) is 51.5 Å². The summed E-state index contributed by atoms with van der Waals surface area (Å²) in [5, 5.41) is 9.05. The number of nitrogens with one attached hydrogen (secondary N) is 1. The van der Waals surface area contributed by atoms with E-state index in [1.54, 1.807) is 6.92 Å². The largest absolute Gasteiger partial charge is 0.338 e. The number of aromatic nitrogens is 1. The molecule has 1 aromatic carbocycles. The van der Waals surface area contributed by atoms with Gasteiger partial charge in [-0.15, -0.1) is 0 Å². The van der Waals surface area contributed by atoms with Gasteiger partial charge in [-0.1, -0.05) is 24.3 Å². The van der Waals surface area contributed by atoms with Gasteiger partial charge in [-0.2, -0.15) is 5.26 Å². The number of amides is 1. The Morgan fingerprint density at radius 3 is 2.80 bits per heavy atom. The van der Waals surface area contributed by atoms with Gasteiger partial charge in [0.2, 0.25) is 0 Å².